The zero-order valence-electron chi connectivity index (χ0n) is 18.4. The van der Waals surface area contributed by atoms with Gasteiger partial charge in [-0.1, -0.05) is 90.5 Å². The van der Waals surface area contributed by atoms with Gasteiger partial charge in [-0.15, -0.1) is 11.8 Å². The van der Waals surface area contributed by atoms with E-state index in [1.165, 1.54) is 11.1 Å². The first-order chi connectivity index (χ1) is 16.6. The molecule has 0 atom stereocenters. The third-order valence-corrected chi connectivity index (χ3v) is 6.46. The molecule has 4 rings (SSSR count). The van der Waals surface area contributed by atoms with Crippen LogP contribution in [0.4, 0.5) is 0 Å². The molecule has 0 aliphatic rings. The number of carboxylic acid groups (broad SMARTS) is 1. The first kappa shape index (κ1) is 23.7. The number of carbonyl (C=O) groups is 1. The zero-order valence-corrected chi connectivity index (χ0v) is 19.9. The van der Waals surface area contributed by atoms with Crippen LogP contribution in [0, 0.1) is 0 Å². The van der Waals surface area contributed by atoms with Crippen LogP contribution in [0.15, 0.2) is 114 Å². The number of thioether (sulfide) groups is 1. The Labute approximate surface area is 208 Å². The van der Waals surface area contributed by atoms with E-state index in [0.29, 0.717) is 10.8 Å². The van der Waals surface area contributed by atoms with Gasteiger partial charge in [0.05, 0.1) is 0 Å². The lowest BCUT2D eigenvalue weighted by molar-refractivity contribution is -0.139. The van der Waals surface area contributed by atoms with Gasteiger partial charge in [-0.2, -0.15) is 0 Å². The maximum Gasteiger partial charge on any atom is 0.341 e. The molecule has 4 aromatic carbocycles. The van der Waals surface area contributed by atoms with Crippen molar-refractivity contribution in [3.63, 3.8) is 0 Å². The van der Waals surface area contributed by atoms with Gasteiger partial charge in [-0.05, 0) is 52.6 Å². The van der Waals surface area contributed by atoms with Gasteiger partial charge in [0.2, 0.25) is 0 Å². The van der Waals surface area contributed by atoms with Gasteiger partial charge in [0, 0.05) is 21.2 Å². The molecule has 5 heteroatoms. The topological polar surface area (TPSA) is 46.5 Å². The number of rotatable bonds is 9. The zero-order chi connectivity index (χ0) is 23.8. The van der Waals surface area contributed by atoms with E-state index < -0.39 is 5.97 Å². The van der Waals surface area contributed by atoms with Gasteiger partial charge in [0.15, 0.2) is 6.61 Å². The summed E-state index contributed by atoms with van der Waals surface area (Å²) in [5.41, 5.74) is 5.53. The third kappa shape index (κ3) is 6.31. The smallest absolute Gasteiger partial charge is 0.341 e. The van der Waals surface area contributed by atoms with Crippen LogP contribution in [0.5, 0.6) is 5.75 Å². The van der Waals surface area contributed by atoms with E-state index in [-0.39, 0.29) is 6.61 Å². The normalized spacial score (nSPS) is 11.3. The van der Waals surface area contributed by atoms with Gasteiger partial charge in [-0.25, -0.2) is 4.79 Å². The van der Waals surface area contributed by atoms with E-state index in [2.05, 4.69) is 42.5 Å². The molecule has 0 saturated heterocycles. The van der Waals surface area contributed by atoms with E-state index in [0.717, 1.165) is 27.3 Å². The minimum Gasteiger partial charge on any atom is -0.482 e. The summed E-state index contributed by atoms with van der Waals surface area (Å²) >= 11 is 8.24. The average molecular weight is 487 g/mol. The Morgan fingerprint density at radius 1 is 0.824 bits per heavy atom. The summed E-state index contributed by atoms with van der Waals surface area (Å²) in [7, 11) is 0. The lowest BCUT2D eigenvalue weighted by atomic mass is 9.95. The largest absolute Gasteiger partial charge is 0.482 e. The molecule has 0 heterocycles. The van der Waals surface area contributed by atoms with E-state index in [9.17, 15) is 4.79 Å². The van der Waals surface area contributed by atoms with Crippen molar-refractivity contribution in [1.82, 2.24) is 0 Å². The van der Waals surface area contributed by atoms with Crippen LogP contribution in [0.3, 0.4) is 0 Å². The van der Waals surface area contributed by atoms with Crippen molar-refractivity contribution in [2.45, 2.75) is 4.90 Å². The molecule has 1 N–H and O–H groups in total. The molecule has 0 saturated carbocycles. The van der Waals surface area contributed by atoms with Crippen molar-refractivity contribution < 1.29 is 14.6 Å². The molecule has 4 aromatic rings. The van der Waals surface area contributed by atoms with Crippen molar-refractivity contribution in [3.05, 3.63) is 125 Å². The van der Waals surface area contributed by atoms with E-state index in [1.54, 1.807) is 23.9 Å². The van der Waals surface area contributed by atoms with Gasteiger partial charge in [-0.3, -0.25) is 0 Å². The Hall–Kier alpha value is -3.47. The second-order valence-electron chi connectivity index (χ2n) is 7.51. The molecular formula is C29H23ClO3S. The highest BCUT2D eigenvalue weighted by Crippen LogP contribution is 2.32. The molecule has 0 aromatic heterocycles. The predicted molar refractivity (Wildman–Crippen MR) is 141 cm³/mol. The number of benzene rings is 4. The third-order valence-electron chi connectivity index (χ3n) is 5.19. The average Bonchev–Trinajstić information content (AvgIpc) is 2.87. The fraction of sp³-hybridized carbons (Fsp3) is 0.0690. The quantitative estimate of drug-likeness (QED) is 0.246. The molecular weight excluding hydrogens is 464 g/mol. The summed E-state index contributed by atoms with van der Waals surface area (Å²) in [6.07, 6.45) is 2.19. The lowest BCUT2D eigenvalue weighted by Crippen LogP contribution is -2.09. The highest BCUT2D eigenvalue weighted by atomic mass is 35.5. The SMILES string of the molecule is O=C(O)COc1ccc(SC/C=C(/c2ccc(-c3ccccc3)cc2)c2ccccc2Cl)cc1. The Morgan fingerprint density at radius 2 is 1.47 bits per heavy atom. The molecule has 0 amide bonds. The van der Waals surface area contributed by atoms with Gasteiger partial charge < -0.3 is 9.84 Å². The van der Waals surface area contributed by atoms with E-state index >= 15 is 0 Å². The molecule has 0 radical (unpaired) electrons. The summed E-state index contributed by atoms with van der Waals surface area (Å²) in [5, 5.41) is 9.45. The molecule has 3 nitrogen and oxygen atoms in total. The number of carboxylic acids is 1. The maximum atomic E-state index is 10.6. The highest BCUT2D eigenvalue weighted by Gasteiger charge is 2.10. The fourth-order valence-electron chi connectivity index (χ4n) is 3.53. The molecule has 0 spiro atoms. The molecule has 0 bridgehead atoms. The molecule has 34 heavy (non-hydrogen) atoms. The predicted octanol–water partition coefficient (Wildman–Crippen LogP) is 7.69. The van der Waals surface area contributed by atoms with Crippen LogP contribution >= 0.6 is 23.4 Å². The molecule has 0 unspecified atom stereocenters. The number of hydrogen-bond donors (Lipinski definition) is 1. The molecule has 0 aliphatic carbocycles. The monoisotopic (exact) mass is 486 g/mol. The highest BCUT2D eigenvalue weighted by molar-refractivity contribution is 7.99. The van der Waals surface area contributed by atoms with Crippen LogP contribution in [-0.4, -0.2) is 23.4 Å². The first-order valence-corrected chi connectivity index (χ1v) is 12.1. The Morgan fingerprint density at radius 3 is 2.15 bits per heavy atom. The van der Waals surface area contributed by atoms with Crippen molar-refractivity contribution in [3.8, 4) is 16.9 Å². The number of aliphatic carboxylic acids is 1. The van der Waals surface area contributed by atoms with Crippen LogP contribution in [-0.2, 0) is 4.79 Å². The minimum atomic E-state index is -0.993. The standard InChI is InChI=1S/C29H23ClO3S/c30-28-9-5-4-8-27(28)26(23-12-10-22(11-13-23)21-6-2-1-3-7-21)18-19-34-25-16-14-24(15-17-25)33-20-29(31)32/h1-18H,19-20H2,(H,31,32)/b26-18-. The van der Waals surface area contributed by atoms with E-state index in [4.69, 9.17) is 21.4 Å². The van der Waals surface area contributed by atoms with Crippen LogP contribution in [0.1, 0.15) is 11.1 Å². The van der Waals surface area contributed by atoms with Crippen LogP contribution in [0.2, 0.25) is 5.02 Å². The number of ether oxygens (including phenoxy) is 1. The van der Waals surface area contributed by atoms with Crippen molar-refractivity contribution in [2.24, 2.45) is 0 Å². The molecule has 170 valence electrons. The number of halogens is 1. The Bertz CT molecular complexity index is 1270. The second-order valence-corrected chi connectivity index (χ2v) is 9.01. The van der Waals surface area contributed by atoms with E-state index in [1.807, 2.05) is 54.6 Å². The maximum absolute atomic E-state index is 10.6. The number of hydrogen-bond acceptors (Lipinski definition) is 3. The van der Waals surface area contributed by atoms with Gasteiger partial charge in [0.1, 0.15) is 5.75 Å². The van der Waals surface area contributed by atoms with Gasteiger partial charge >= 0.3 is 5.97 Å². The Kier molecular flexibility index (Phi) is 8.08. The van der Waals surface area contributed by atoms with Crippen molar-refractivity contribution in [2.75, 3.05) is 12.4 Å². The first-order valence-electron chi connectivity index (χ1n) is 10.8. The summed E-state index contributed by atoms with van der Waals surface area (Å²) < 4.78 is 5.20. The van der Waals surface area contributed by atoms with Crippen molar-refractivity contribution >= 4 is 34.9 Å². The summed E-state index contributed by atoms with van der Waals surface area (Å²) in [5.74, 6) is 0.293. The second kappa shape index (κ2) is 11.6. The minimum absolute atomic E-state index is 0.348. The summed E-state index contributed by atoms with van der Waals surface area (Å²) in [4.78, 5) is 11.7. The van der Waals surface area contributed by atoms with Crippen LogP contribution in [0.25, 0.3) is 16.7 Å². The van der Waals surface area contributed by atoms with Gasteiger partial charge in [0.25, 0.3) is 0 Å². The lowest BCUT2D eigenvalue weighted by Gasteiger charge is -2.12. The van der Waals surface area contributed by atoms with Crippen LogP contribution < -0.4 is 4.74 Å². The molecule has 0 fully saturated rings. The summed E-state index contributed by atoms with van der Waals surface area (Å²) in [6, 6.07) is 34.2. The summed E-state index contributed by atoms with van der Waals surface area (Å²) in [6.45, 7) is -0.348. The Balaban J connectivity index is 1.54. The molecule has 0 aliphatic heterocycles. The fourth-order valence-corrected chi connectivity index (χ4v) is 4.54. The van der Waals surface area contributed by atoms with Crippen molar-refractivity contribution in [1.29, 1.82) is 0 Å².